The lowest BCUT2D eigenvalue weighted by Crippen LogP contribution is -2.55. The summed E-state index contributed by atoms with van der Waals surface area (Å²) in [6, 6.07) is 2.68. The number of carbonyl (C=O) groups excluding carboxylic acids is 1. The van der Waals surface area contributed by atoms with Crippen LogP contribution in [0, 0.1) is 5.92 Å². The first-order valence-electron chi connectivity index (χ1n) is 11.0. The average molecular weight is 452 g/mol. The summed E-state index contributed by atoms with van der Waals surface area (Å²) >= 11 is 0. The molecule has 0 saturated carbocycles. The Morgan fingerprint density at radius 3 is 2.38 bits per heavy atom. The van der Waals surface area contributed by atoms with Gasteiger partial charge in [0.25, 0.3) is 11.8 Å². The molecule has 32 heavy (non-hydrogen) atoms. The van der Waals surface area contributed by atoms with Gasteiger partial charge in [0.15, 0.2) is 0 Å². The van der Waals surface area contributed by atoms with Crippen molar-refractivity contribution in [1.29, 1.82) is 0 Å². The highest BCUT2D eigenvalue weighted by molar-refractivity contribution is 5.85. The maximum atomic E-state index is 14.5. The molecule has 0 bridgehead atoms. The van der Waals surface area contributed by atoms with E-state index in [4.69, 9.17) is 0 Å². The molecule has 174 valence electrons. The molecule has 0 aliphatic carbocycles. The largest absolute Gasteiger partial charge is 0.368 e. The molecule has 0 aromatic carbocycles. The smallest absolute Gasteiger partial charge is 0.270 e. The van der Waals surface area contributed by atoms with Crippen LogP contribution in [0.2, 0.25) is 0 Å². The zero-order valence-electron chi connectivity index (χ0n) is 18.2. The lowest BCUT2D eigenvalue weighted by atomic mass is 9.80. The van der Waals surface area contributed by atoms with Crippen LogP contribution in [0.25, 0.3) is 5.57 Å². The number of anilines is 1. The quantitative estimate of drug-likeness (QED) is 0.658. The number of rotatable bonds is 4. The number of hydrogen-bond acceptors (Lipinski definition) is 4. The van der Waals surface area contributed by atoms with E-state index >= 15 is 0 Å². The summed E-state index contributed by atoms with van der Waals surface area (Å²) in [5, 5.41) is 5.57. The molecule has 1 amide bonds. The fraction of sp³-hybridized carbons (Fsp3) is 0.565. The maximum Gasteiger partial charge on any atom is 0.270 e. The zero-order valence-corrected chi connectivity index (χ0v) is 18.2. The molecule has 2 N–H and O–H groups in total. The van der Waals surface area contributed by atoms with Gasteiger partial charge in [-0.05, 0) is 49.7 Å². The number of halogens is 4. The second kappa shape index (κ2) is 8.41. The van der Waals surface area contributed by atoms with Crippen molar-refractivity contribution in [1.82, 2.24) is 15.6 Å². The molecule has 0 spiro atoms. The van der Waals surface area contributed by atoms with Gasteiger partial charge in [0.05, 0.1) is 11.6 Å². The topological polar surface area (TPSA) is 57.3 Å². The number of fused-ring (bicyclic) bond motifs is 1. The van der Waals surface area contributed by atoms with Gasteiger partial charge in [0.1, 0.15) is 12.0 Å². The number of hydrogen-bond donors (Lipinski definition) is 2. The van der Waals surface area contributed by atoms with E-state index in [1.165, 1.54) is 18.3 Å². The van der Waals surface area contributed by atoms with Crippen molar-refractivity contribution in [3.05, 3.63) is 41.2 Å². The third-order valence-electron chi connectivity index (χ3n) is 6.34. The van der Waals surface area contributed by atoms with Crippen molar-refractivity contribution >= 4 is 17.3 Å². The Hall–Kier alpha value is -2.58. The van der Waals surface area contributed by atoms with Crippen molar-refractivity contribution < 1.29 is 22.4 Å². The summed E-state index contributed by atoms with van der Waals surface area (Å²) in [5.41, 5.74) is 0.623. The van der Waals surface area contributed by atoms with Crippen LogP contribution in [0.3, 0.4) is 0 Å². The number of amides is 1. The van der Waals surface area contributed by atoms with Gasteiger partial charge >= 0.3 is 0 Å². The lowest BCUT2D eigenvalue weighted by Gasteiger charge is -2.39. The van der Waals surface area contributed by atoms with Crippen LogP contribution in [0.15, 0.2) is 30.0 Å². The van der Waals surface area contributed by atoms with Crippen LogP contribution in [0.1, 0.15) is 57.2 Å². The van der Waals surface area contributed by atoms with Gasteiger partial charge in [-0.3, -0.25) is 4.79 Å². The Morgan fingerprint density at radius 1 is 1.06 bits per heavy atom. The molecule has 4 heterocycles. The summed E-state index contributed by atoms with van der Waals surface area (Å²) in [6.45, 7) is 3.02. The van der Waals surface area contributed by atoms with E-state index in [2.05, 4.69) is 15.6 Å². The highest BCUT2D eigenvalue weighted by Gasteiger charge is 2.46. The third kappa shape index (κ3) is 4.61. The minimum absolute atomic E-state index is 0.210. The van der Waals surface area contributed by atoms with Crippen LogP contribution < -0.4 is 15.5 Å². The minimum atomic E-state index is -3.16. The molecular formula is C23H28F4N4O. The highest BCUT2D eigenvalue weighted by atomic mass is 19.3. The third-order valence-corrected chi connectivity index (χ3v) is 6.34. The number of carbonyl (C=O) groups is 1. The molecular weight excluding hydrogens is 424 g/mol. The van der Waals surface area contributed by atoms with Crippen molar-refractivity contribution in [3.8, 4) is 0 Å². The van der Waals surface area contributed by atoms with Crippen molar-refractivity contribution in [2.45, 2.75) is 64.0 Å². The second-order valence-electron chi connectivity index (χ2n) is 8.97. The number of dihydropyridines is 1. The molecule has 9 heteroatoms. The van der Waals surface area contributed by atoms with Gasteiger partial charge < -0.3 is 15.5 Å². The van der Waals surface area contributed by atoms with Crippen LogP contribution in [-0.2, 0) is 10.7 Å². The first-order chi connectivity index (χ1) is 15.0. The van der Waals surface area contributed by atoms with Crippen LogP contribution in [0.5, 0.6) is 0 Å². The Kier molecular flexibility index (Phi) is 5.94. The summed E-state index contributed by atoms with van der Waals surface area (Å²) in [5.74, 6) is -7.70. The van der Waals surface area contributed by atoms with Gasteiger partial charge in [-0.15, -0.1) is 0 Å². The molecule has 0 radical (unpaired) electrons. The van der Waals surface area contributed by atoms with E-state index in [1.54, 1.807) is 6.08 Å². The first-order valence-corrected chi connectivity index (χ1v) is 11.0. The summed E-state index contributed by atoms with van der Waals surface area (Å²) in [6.07, 6.45) is 5.94. The molecule has 2 atom stereocenters. The number of allylic oxidation sites excluding steroid dienone is 2. The van der Waals surface area contributed by atoms with E-state index in [-0.39, 0.29) is 23.3 Å². The summed E-state index contributed by atoms with van der Waals surface area (Å²) < 4.78 is 57.8. The average Bonchev–Trinajstić information content (AvgIpc) is 3.00. The number of aromatic nitrogens is 1. The first kappa shape index (κ1) is 22.6. The van der Waals surface area contributed by atoms with E-state index in [1.807, 2.05) is 4.90 Å². The van der Waals surface area contributed by atoms with Crippen LogP contribution in [-0.4, -0.2) is 36.1 Å². The van der Waals surface area contributed by atoms with E-state index in [0.717, 1.165) is 39.5 Å². The van der Waals surface area contributed by atoms with Crippen LogP contribution >= 0.6 is 0 Å². The van der Waals surface area contributed by atoms with Crippen molar-refractivity contribution in [2.75, 3.05) is 18.0 Å². The molecule has 2 unspecified atom stereocenters. The predicted molar refractivity (Wildman–Crippen MR) is 114 cm³/mol. The molecule has 5 nitrogen and oxygen atoms in total. The molecule has 1 aromatic heterocycles. The fourth-order valence-corrected chi connectivity index (χ4v) is 4.65. The number of piperidine rings is 1. The maximum absolute atomic E-state index is 14.5. The molecule has 2 saturated heterocycles. The molecule has 3 aliphatic rings. The van der Waals surface area contributed by atoms with Gasteiger partial charge in [-0.25, -0.2) is 22.5 Å². The van der Waals surface area contributed by atoms with Gasteiger partial charge in [0.2, 0.25) is 5.91 Å². The van der Waals surface area contributed by atoms with E-state index in [0.29, 0.717) is 24.5 Å². The standard InChI is InChI=1S/C23H28F4N4O/c1-22(24,25)14-11-17(29-18(12-14)31-9-5-3-4-6-10-31)15-7-8-28-21-20(15)16(23(2,26)27)13-19(32)30-21/h7-8,11-12,16,21,28H,3-6,9-10,13H2,1-2H3,(H,30,32). The van der Waals surface area contributed by atoms with Crippen molar-refractivity contribution in [3.63, 3.8) is 0 Å². The number of pyridine rings is 1. The van der Waals surface area contributed by atoms with Gasteiger partial charge in [-0.2, -0.15) is 0 Å². The number of nitrogens with zero attached hydrogens (tertiary/aromatic N) is 2. The SMILES string of the molecule is CC(F)(F)c1cc(C2=C3C(NC=C2)NC(=O)CC3C(C)(F)F)nc(N2CCCCCC2)c1. The van der Waals surface area contributed by atoms with Gasteiger partial charge in [0, 0.05) is 37.6 Å². The Balaban J connectivity index is 1.87. The summed E-state index contributed by atoms with van der Waals surface area (Å²) in [4.78, 5) is 18.7. The molecule has 2 fully saturated rings. The zero-order chi connectivity index (χ0) is 23.1. The summed E-state index contributed by atoms with van der Waals surface area (Å²) in [7, 11) is 0. The van der Waals surface area contributed by atoms with E-state index < -0.39 is 29.8 Å². The molecule has 4 rings (SSSR count). The molecule has 1 aromatic rings. The predicted octanol–water partition coefficient (Wildman–Crippen LogP) is 4.56. The number of alkyl halides is 4. The van der Waals surface area contributed by atoms with Crippen LogP contribution in [0.4, 0.5) is 23.4 Å². The van der Waals surface area contributed by atoms with Crippen molar-refractivity contribution in [2.24, 2.45) is 5.92 Å². The fourth-order valence-electron chi connectivity index (χ4n) is 4.65. The molecule has 3 aliphatic heterocycles. The second-order valence-corrected chi connectivity index (χ2v) is 8.97. The normalized spacial score (nSPS) is 24.6. The lowest BCUT2D eigenvalue weighted by molar-refractivity contribution is -0.128. The van der Waals surface area contributed by atoms with E-state index in [9.17, 15) is 22.4 Å². The minimum Gasteiger partial charge on any atom is -0.368 e. The Bertz CT molecular complexity index is 940. The monoisotopic (exact) mass is 452 g/mol. The Morgan fingerprint density at radius 2 is 1.75 bits per heavy atom. The van der Waals surface area contributed by atoms with Gasteiger partial charge in [-0.1, -0.05) is 12.8 Å². The number of nitrogens with one attached hydrogen (secondary N) is 2. The Labute approximate surface area is 185 Å². The highest BCUT2D eigenvalue weighted by Crippen LogP contribution is 2.42.